The van der Waals surface area contributed by atoms with Crippen LogP contribution in [0.25, 0.3) is 10.1 Å². The van der Waals surface area contributed by atoms with Crippen LogP contribution in [0.4, 0.5) is 5.69 Å². The van der Waals surface area contributed by atoms with Gasteiger partial charge in [-0.2, -0.15) is 12.8 Å². The van der Waals surface area contributed by atoms with Gasteiger partial charge in [0.1, 0.15) is 4.90 Å². The lowest BCUT2D eigenvalue weighted by Crippen LogP contribution is -2.47. The van der Waals surface area contributed by atoms with Crippen molar-refractivity contribution >= 4 is 43.3 Å². The summed E-state index contributed by atoms with van der Waals surface area (Å²) in [5.41, 5.74) is 1.38. The summed E-state index contributed by atoms with van der Waals surface area (Å²) >= 11 is 1.82. The second-order valence-electron chi connectivity index (χ2n) is 9.43. The van der Waals surface area contributed by atoms with E-state index in [0.717, 1.165) is 64.3 Å². The summed E-state index contributed by atoms with van der Waals surface area (Å²) < 4.78 is 30.0. The molecule has 2 aromatic heterocycles. The van der Waals surface area contributed by atoms with E-state index in [4.69, 9.17) is 0 Å². The van der Waals surface area contributed by atoms with Crippen LogP contribution in [0.15, 0.2) is 63.5 Å². The van der Waals surface area contributed by atoms with Crippen molar-refractivity contribution in [3.05, 3.63) is 54.2 Å². The number of nitrogens with zero attached hydrogens (tertiary/aromatic N) is 4. The molecule has 0 unspecified atom stereocenters. The molecule has 1 saturated heterocycles. The fraction of sp³-hybridized carbons (Fsp3) is 0.462. The van der Waals surface area contributed by atoms with Gasteiger partial charge in [0.05, 0.1) is 0 Å². The number of pyridine rings is 1. The Morgan fingerprint density at radius 3 is 2.62 bits per heavy atom. The van der Waals surface area contributed by atoms with Gasteiger partial charge in [-0.05, 0) is 86.2 Å². The predicted molar refractivity (Wildman–Crippen MR) is 140 cm³/mol. The lowest BCUT2D eigenvalue weighted by Gasteiger charge is -2.37. The van der Waals surface area contributed by atoms with E-state index >= 15 is 0 Å². The molecule has 6 nitrogen and oxygen atoms in total. The second-order valence-corrected chi connectivity index (χ2v) is 12.0. The molecule has 8 heteroatoms. The third kappa shape index (κ3) is 5.50. The highest BCUT2D eigenvalue weighted by atomic mass is 32.2. The van der Waals surface area contributed by atoms with E-state index in [1.807, 2.05) is 11.3 Å². The number of aromatic nitrogens is 1. The highest BCUT2D eigenvalue weighted by Crippen LogP contribution is 2.32. The monoisotopic (exact) mass is 496 g/mol. The summed E-state index contributed by atoms with van der Waals surface area (Å²) in [5, 5.41) is 3.57. The molecule has 0 amide bonds. The number of hydrogen-bond donors (Lipinski definition) is 0. The van der Waals surface area contributed by atoms with E-state index in [0.29, 0.717) is 0 Å². The molecule has 1 aromatic carbocycles. The van der Waals surface area contributed by atoms with Crippen LogP contribution in [0, 0.1) is 11.8 Å². The van der Waals surface area contributed by atoms with Crippen molar-refractivity contribution in [2.75, 3.05) is 37.6 Å². The maximum Gasteiger partial charge on any atom is 0.283 e. The van der Waals surface area contributed by atoms with Crippen molar-refractivity contribution in [1.29, 1.82) is 0 Å². The molecule has 0 atom stereocenters. The van der Waals surface area contributed by atoms with Crippen molar-refractivity contribution in [3.8, 4) is 0 Å². The van der Waals surface area contributed by atoms with Gasteiger partial charge in [-0.15, -0.1) is 11.3 Å². The van der Waals surface area contributed by atoms with Crippen molar-refractivity contribution < 1.29 is 8.42 Å². The molecule has 180 valence electrons. The molecule has 0 radical (unpaired) electrons. The number of sulfonamides is 1. The standard InChI is InChI=1S/C26H32N4O2S2/c31-34(32,23-3-2-12-27-20-23)28-19-22-8-6-21(7-9-22)10-13-29-14-16-30(17-15-29)25-4-1-5-26-24(25)11-18-33-26/h1-5,11-12,18-22H,6-10,13-17H2. The lowest BCUT2D eigenvalue weighted by molar-refractivity contribution is 0.216. The largest absolute Gasteiger partial charge is 0.368 e. The van der Waals surface area contributed by atoms with Gasteiger partial charge in [-0.3, -0.25) is 9.88 Å². The smallest absolute Gasteiger partial charge is 0.283 e. The van der Waals surface area contributed by atoms with Gasteiger partial charge >= 0.3 is 0 Å². The van der Waals surface area contributed by atoms with Crippen molar-refractivity contribution in [1.82, 2.24) is 9.88 Å². The number of thiophene rings is 1. The molecule has 3 aromatic rings. The number of rotatable bonds is 7. The van der Waals surface area contributed by atoms with Gasteiger partial charge in [0.15, 0.2) is 0 Å². The molecule has 34 heavy (non-hydrogen) atoms. The normalized spacial score (nSPS) is 22.5. The molecule has 0 spiro atoms. The Kier molecular flexibility index (Phi) is 7.27. The first-order valence-corrected chi connectivity index (χ1v) is 14.5. The van der Waals surface area contributed by atoms with E-state index < -0.39 is 10.0 Å². The maximum absolute atomic E-state index is 12.3. The van der Waals surface area contributed by atoms with Crippen LogP contribution in [0.1, 0.15) is 32.1 Å². The van der Waals surface area contributed by atoms with Crippen LogP contribution in [-0.2, 0) is 10.0 Å². The third-order valence-corrected chi connectivity index (χ3v) is 9.39. The summed E-state index contributed by atoms with van der Waals surface area (Å²) in [6, 6.07) is 12.1. The van der Waals surface area contributed by atoms with Gasteiger partial charge in [-0.1, -0.05) is 6.07 Å². The van der Waals surface area contributed by atoms with E-state index in [1.165, 1.54) is 28.4 Å². The molecule has 2 aliphatic rings. The molecule has 0 N–H and O–H groups in total. The zero-order chi connectivity index (χ0) is 23.4. The Morgan fingerprint density at radius 1 is 1.03 bits per heavy atom. The molecule has 1 saturated carbocycles. The number of anilines is 1. The average molecular weight is 497 g/mol. The first-order chi connectivity index (χ1) is 16.6. The fourth-order valence-corrected chi connectivity index (χ4v) is 6.89. The Bertz CT molecular complexity index is 1210. The van der Waals surface area contributed by atoms with Crippen molar-refractivity contribution in [3.63, 3.8) is 0 Å². The van der Waals surface area contributed by atoms with E-state index in [9.17, 15) is 8.42 Å². The zero-order valence-electron chi connectivity index (χ0n) is 19.4. The Balaban J connectivity index is 1.05. The van der Waals surface area contributed by atoms with Crippen LogP contribution in [0.5, 0.6) is 0 Å². The van der Waals surface area contributed by atoms with Crippen molar-refractivity contribution in [2.45, 2.75) is 37.0 Å². The fourth-order valence-electron chi connectivity index (χ4n) is 5.18. The number of fused-ring (bicyclic) bond motifs is 1. The average Bonchev–Trinajstić information content (AvgIpc) is 3.37. The first kappa shape index (κ1) is 23.5. The minimum Gasteiger partial charge on any atom is -0.368 e. The molecular formula is C26H32N4O2S2. The number of hydrogen-bond acceptors (Lipinski definition) is 6. The third-order valence-electron chi connectivity index (χ3n) is 7.27. The minimum atomic E-state index is -3.63. The van der Waals surface area contributed by atoms with E-state index in [2.05, 4.69) is 48.8 Å². The summed E-state index contributed by atoms with van der Waals surface area (Å²) in [4.78, 5) is 9.19. The van der Waals surface area contributed by atoms with E-state index in [-0.39, 0.29) is 10.8 Å². The Morgan fingerprint density at radius 2 is 1.85 bits per heavy atom. The molecular weight excluding hydrogens is 464 g/mol. The van der Waals surface area contributed by atoms with Crippen LogP contribution in [0.2, 0.25) is 0 Å². The summed E-state index contributed by atoms with van der Waals surface area (Å²) in [6.45, 7) is 5.58. The highest BCUT2D eigenvalue weighted by Gasteiger charge is 2.23. The highest BCUT2D eigenvalue weighted by molar-refractivity contribution is 7.90. The van der Waals surface area contributed by atoms with Crippen LogP contribution < -0.4 is 4.90 Å². The van der Waals surface area contributed by atoms with Crippen LogP contribution >= 0.6 is 11.3 Å². The Hall–Kier alpha value is -2.29. The SMILES string of the molecule is O=S(=O)(N=CC1CCC(CCN2CCN(c3cccc4sccc34)CC2)CC1)c1cccnc1. The molecule has 2 fully saturated rings. The quantitative estimate of drug-likeness (QED) is 0.427. The Labute approximate surface area is 206 Å². The van der Waals surface area contributed by atoms with Gasteiger partial charge in [0, 0.05) is 60.6 Å². The summed E-state index contributed by atoms with van der Waals surface area (Å²) in [5.74, 6) is 0.989. The summed E-state index contributed by atoms with van der Waals surface area (Å²) in [6.07, 6.45) is 10.2. The van der Waals surface area contributed by atoms with E-state index in [1.54, 1.807) is 24.5 Å². The lowest BCUT2D eigenvalue weighted by atomic mass is 9.81. The van der Waals surface area contributed by atoms with Gasteiger partial charge in [0.25, 0.3) is 10.0 Å². The van der Waals surface area contributed by atoms with Gasteiger partial charge in [0.2, 0.25) is 0 Å². The second kappa shape index (κ2) is 10.5. The van der Waals surface area contributed by atoms with Gasteiger partial charge in [-0.25, -0.2) is 0 Å². The van der Waals surface area contributed by atoms with Crippen molar-refractivity contribution in [2.24, 2.45) is 16.2 Å². The summed E-state index contributed by atoms with van der Waals surface area (Å²) in [7, 11) is -3.63. The number of benzene rings is 1. The molecule has 5 rings (SSSR count). The molecule has 0 bridgehead atoms. The molecule has 3 heterocycles. The minimum absolute atomic E-state index is 0.159. The zero-order valence-corrected chi connectivity index (χ0v) is 21.1. The first-order valence-electron chi connectivity index (χ1n) is 12.2. The molecule has 1 aliphatic carbocycles. The van der Waals surface area contributed by atoms with Crippen LogP contribution in [0.3, 0.4) is 0 Å². The maximum atomic E-state index is 12.3. The van der Waals surface area contributed by atoms with Gasteiger partial charge < -0.3 is 4.90 Å². The number of piperazine rings is 1. The topological polar surface area (TPSA) is 65.9 Å². The predicted octanol–water partition coefficient (Wildman–Crippen LogP) is 5.07. The van der Waals surface area contributed by atoms with Crippen LogP contribution in [-0.4, -0.2) is 57.2 Å². The molecule has 1 aliphatic heterocycles.